The van der Waals surface area contributed by atoms with Crippen molar-refractivity contribution >= 4 is 18.3 Å². The van der Waals surface area contributed by atoms with Gasteiger partial charge < -0.3 is 10.2 Å². The molecule has 1 amide bonds. The lowest BCUT2D eigenvalue weighted by Crippen LogP contribution is -2.48. The number of halogens is 3. The van der Waals surface area contributed by atoms with Gasteiger partial charge in [-0.15, -0.1) is 12.4 Å². The van der Waals surface area contributed by atoms with E-state index in [9.17, 15) is 13.6 Å². The van der Waals surface area contributed by atoms with E-state index >= 15 is 0 Å². The van der Waals surface area contributed by atoms with E-state index in [0.717, 1.165) is 25.0 Å². The second-order valence-corrected chi connectivity index (χ2v) is 6.50. The molecule has 3 rings (SSSR count). The summed E-state index contributed by atoms with van der Waals surface area (Å²) in [5.41, 5.74) is 0.270. The lowest BCUT2D eigenvalue weighted by Gasteiger charge is -2.35. The molecule has 0 spiro atoms. The van der Waals surface area contributed by atoms with Crippen LogP contribution in [0.1, 0.15) is 37.7 Å². The van der Waals surface area contributed by atoms with Crippen LogP contribution in [0.15, 0.2) is 18.2 Å². The predicted octanol–water partition coefficient (Wildman–Crippen LogP) is 3.06. The van der Waals surface area contributed by atoms with Gasteiger partial charge in [0.25, 0.3) is 0 Å². The molecule has 6 heteroatoms. The second kappa shape index (κ2) is 7.58. The van der Waals surface area contributed by atoms with E-state index in [1.165, 1.54) is 18.9 Å². The van der Waals surface area contributed by atoms with Gasteiger partial charge in [-0.3, -0.25) is 4.79 Å². The van der Waals surface area contributed by atoms with Crippen LogP contribution in [0.2, 0.25) is 0 Å². The van der Waals surface area contributed by atoms with E-state index in [0.29, 0.717) is 12.1 Å². The third kappa shape index (κ3) is 4.21. The maximum atomic E-state index is 13.6. The van der Waals surface area contributed by atoms with Crippen molar-refractivity contribution in [2.24, 2.45) is 0 Å². The maximum Gasteiger partial charge on any atom is 0.222 e. The smallest absolute Gasteiger partial charge is 0.222 e. The zero-order chi connectivity index (χ0) is 15.7. The summed E-state index contributed by atoms with van der Waals surface area (Å²) in [6.45, 7) is 0. The molecule has 2 bridgehead atoms. The summed E-state index contributed by atoms with van der Waals surface area (Å²) in [4.78, 5) is 14.1. The largest absolute Gasteiger partial charge is 0.343 e. The highest BCUT2D eigenvalue weighted by Crippen LogP contribution is 2.29. The van der Waals surface area contributed by atoms with Crippen molar-refractivity contribution in [2.45, 2.75) is 56.7 Å². The van der Waals surface area contributed by atoms with Gasteiger partial charge in [0.05, 0.1) is 0 Å². The fourth-order valence-electron chi connectivity index (χ4n) is 3.70. The Morgan fingerprint density at radius 2 is 1.91 bits per heavy atom. The summed E-state index contributed by atoms with van der Waals surface area (Å²) < 4.78 is 26.7. The lowest BCUT2D eigenvalue weighted by molar-refractivity contribution is -0.132. The minimum absolute atomic E-state index is 0. The quantitative estimate of drug-likeness (QED) is 0.910. The van der Waals surface area contributed by atoms with E-state index < -0.39 is 11.6 Å². The summed E-state index contributed by atoms with van der Waals surface area (Å²) in [7, 11) is 1.83. The van der Waals surface area contributed by atoms with Crippen LogP contribution < -0.4 is 5.32 Å². The standard InChI is InChI=1S/C17H22F2N2O.ClH/c1-21(15-9-13-4-5-14(10-15)20-13)17(22)7-2-11-8-12(18)3-6-16(11)19;/h3,6,8,13-15,20H,2,4-5,7,9-10H2,1H3;1H. The van der Waals surface area contributed by atoms with Gasteiger partial charge in [0.15, 0.2) is 0 Å². The van der Waals surface area contributed by atoms with E-state index in [4.69, 9.17) is 0 Å². The molecule has 1 N–H and O–H groups in total. The molecule has 0 saturated carbocycles. The minimum Gasteiger partial charge on any atom is -0.343 e. The van der Waals surface area contributed by atoms with Crippen LogP contribution in [0.25, 0.3) is 0 Å². The highest BCUT2D eigenvalue weighted by atomic mass is 35.5. The van der Waals surface area contributed by atoms with Crippen LogP contribution in [0.3, 0.4) is 0 Å². The molecule has 0 aromatic heterocycles. The SMILES string of the molecule is CN(C(=O)CCc1cc(F)ccc1F)C1CC2CCC(C1)N2.Cl. The molecule has 2 heterocycles. The third-order valence-corrected chi connectivity index (χ3v) is 5.01. The first kappa shape index (κ1) is 18.1. The van der Waals surface area contributed by atoms with E-state index in [1.54, 1.807) is 0 Å². The zero-order valence-corrected chi connectivity index (χ0v) is 14.0. The van der Waals surface area contributed by atoms with Crippen LogP contribution >= 0.6 is 12.4 Å². The number of benzene rings is 1. The molecule has 2 unspecified atom stereocenters. The Bertz CT molecular complexity index is 558. The Morgan fingerprint density at radius 1 is 1.26 bits per heavy atom. The van der Waals surface area contributed by atoms with E-state index in [-0.39, 0.29) is 42.8 Å². The average Bonchev–Trinajstić information content (AvgIpc) is 2.85. The first-order chi connectivity index (χ1) is 10.5. The van der Waals surface area contributed by atoms with Crippen LogP contribution in [-0.2, 0) is 11.2 Å². The molecular weight excluding hydrogens is 322 g/mol. The molecule has 23 heavy (non-hydrogen) atoms. The van der Waals surface area contributed by atoms with Gasteiger partial charge in [-0.1, -0.05) is 0 Å². The highest BCUT2D eigenvalue weighted by molar-refractivity contribution is 5.85. The minimum atomic E-state index is -0.466. The monoisotopic (exact) mass is 344 g/mol. The molecule has 0 radical (unpaired) electrons. The summed E-state index contributed by atoms with van der Waals surface area (Å²) in [5, 5.41) is 3.56. The first-order valence-electron chi connectivity index (χ1n) is 7.98. The predicted molar refractivity (Wildman–Crippen MR) is 87.7 cm³/mol. The molecule has 2 saturated heterocycles. The summed E-state index contributed by atoms with van der Waals surface area (Å²) in [6, 6.07) is 4.71. The van der Waals surface area contributed by atoms with Crippen LogP contribution in [0, 0.1) is 11.6 Å². The normalized spacial score (nSPS) is 25.8. The number of carbonyl (C=O) groups is 1. The van der Waals surface area contributed by atoms with Crippen molar-refractivity contribution in [1.82, 2.24) is 10.2 Å². The van der Waals surface area contributed by atoms with Crippen molar-refractivity contribution in [3.05, 3.63) is 35.4 Å². The van der Waals surface area contributed by atoms with Gasteiger partial charge >= 0.3 is 0 Å². The fraction of sp³-hybridized carbons (Fsp3) is 0.588. The van der Waals surface area contributed by atoms with Gasteiger partial charge in [-0.2, -0.15) is 0 Å². The number of carbonyl (C=O) groups excluding carboxylic acids is 1. The Labute approximate surface area is 141 Å². The number of hydrogen-bond acceptors (Lipinski definition) is 2. The average molecular weight is 345 g/mol. The molecule has 2 fully saturated rings. The molecule has 3 nitrogen and oxygen atoms in total. The van der Waals surface area contributed by atoms with Crippen LogP contribution in [0.4, 0.5) is 8.78 Å². The van der Waals surface area contributed by atoms with Gasteiger partial charge in [-0.05, 0) is 55.9 Å². The highest BCUT2D eigenvalue weighted by Gasteiger charge is 2.36. The molecule has 2 aliphatic rings. The van der Waals surface area contributed by atoms with E-state index in [2.05, 4.69) is 5.32 Å². The molecule has 128 valence electrons. The van der Waals surface area contributed by atoms with E-state index in [1.807, 2.05) is 11.9 Å². The number of piperidine rings is 1. The van der Waals surface area contributed by atoms with Gasteiger partial charge in [0.1, 0.15) is 11.6 Å². The lowest BCUT2D eigenvalue weighted by atomic mass is 9.98. The van der Waals surface area contributed by atoms with Crippen LogP contribution in [-0.4, -0.2) is 36.0 Å². The first-order valence-corrected chi connectivity index (χ1v) is 7.98. The molecule has 1 aromatic carbocycles. The van der Waals surface area contributed by atoms with Crippen LogP contribution in [0.5, 0.6) is 0 Å². The number of hydrogen-bond donors (Lipinski definition) is 1. The number of fused-ring (bicyclic) bond motifs is 2. The Kier molecular flexibility index (Phi) is 5.98. The summed E-state index contributed by atoms with van der Waals surface area (Å²) >= 11 is 0. The summed E-state index contributed by atoms with van der Waals surface area (Å²) in [6.07, 6.45) is 4.83. The Hall–Kier alpha value is -1.20. The van der Waals surface area contributed by atoms with Crippen molar-refractivity contribution in [3.8, 4) is 0 Å². The maximum absolute atomic E-state index is 13.6. The molecule has 2 atom stereocenters. The number of nitrogens with zero attached hydrogens (tertiary/aromatic N) is 1. The van der Waals surface area contributed by atoms with Gasteiger partial charge in [-0.25, -0.2) is 8.78 Å². The number of amides is 1. The van der Waals surface area contributed by atoms with Crippen molar-refractivity contribution in [2.75, 3.05) is 7.05 Å². The fourth-order valence-corrected chi connectivity index (χ4v) is 3.70. The molecule has 0 aliphatic carbocycles. The molecular formula is C17H23ClF2N2O. The topological polar surface area (TPSA) is 32.3 Å². The van der Waals surface area contributed by atoms with Gasteiger partial charge in [0.2, 0.25) is 5.91 Å². The number of nitrogens with one attached hydrogen (secondary N) is 1. The Balaban J connectivity index is 0.00000192. The van der Waals surface area contributed by atoms with Crippen molar-refractivity contribution in [3.63, 3.8) is 0 Å². The zero-order valence-electron chi connectivity index (χ0n) is 13.2. The third-order valence-electron chi connectivity index (χ3n) is 5.01. The number of rotatable bonds is 4. The molecule has 1 aromatic rings. The van der Waals surface area contributed by atoms with Gasteiger partial charge in [0, 0.05) is 31.6 Å². The number of aryl methyl sites for hydroxylation is 1. The molecule has 2 aliphatic heterocycles. The van der Waals surface area contributed by atoms with Crippen molar-refractivity contribution in [1.29, 1.82) is 0 Å². The summed E-state index contributed by atoms with van der Waals surface area (Å²) in [5.74, 6) is -0.904. The second-order valence-electron chi connectivity index (χ2n) is 6.50. The Morgan fingerprint density at radius 3 is 2.57 bits per heavy atom. The van der Waals surface area contributed by atoms with Crippen molar-refractivity contribution < 1.29 is 13.6 Å².